The van der Waals surface area contributed by atoms with Crippen LogP contribution in [-0.4, -0.2) is 13.0 Å². The zero-order chi connectivity index (χ0) is 7.78. The van der Waals surface area contributed by atoms with Crippen molar-refractivity contribution in [2.45, 2.75) is 11.1 Å². The average Bonchev–Trinajstić information content (AvgIpc) is 2.11. The minimum Gasteiger partial charge on any atom is -0.743 e. The summed E-state index contributed by atoms with van der Waals surface area (Å²) in [6.45, 7) is 1.75. The summed E-state index contributed by atoms with van der Waals surface area (Å²) in [5.41, 5.74) is 0. The second kappa shape index (κ2) is 4.02. The molecule has 0 aliphatic heterocycles. The molecule has 11 heavy (non-hydrogen) atoms. The Morgan fingerprint density at radius 3 is 2.18 bits per heavy atom. The van der Waals surface area contributed by atoms with Gasteiger partial charge >= 0.3 is 29.6 Å². The van der Waals surface area contributed by atoms with Crippen molar-refractivity contribution < 1.29 is 42.5 Å². The standard InChI is InChI=1S/C5H6O3S2.Na/c1-4-2-3-5(9-4)10(6,7)8;/h2-3H,1H3,(H,6,7,8);/q;+1/p-1. The van der Waals surface area contributed by atoms with Crippen LogP contribution in [0.3, 0.4) is 0 Å². The maximum Gasteiger partial charge on any atom is 1.00 e. The topological polar surface area (TPSA) is 57.2 Å². The molecule has 1 rings (SSSR count). The van der Waals surface area contributed by atoms with Gasteiger partial charge in [-0.15, -0.1) is 11.3 Å². The summed E-state index contributed by atoms with van der Waals surface area (Å²) in [7, 11) is -4.21. The van der Waals surface area contributed by atoms with Crippen LogP contribution in [0.15, 0.2) is 16.3 Å². The molecule has 0 fully saturated rings. The van der Waals surface area contributed by atoms with Gasteiger partial charge in [0, 0.05) is 4.88 Å². The molecule has 1 heterocycles. The van der Waals surface area contributed by atoms with Crippen molar-refractivity contribution in [1.82, 2.24) is 0 Å². The van der Waals surface area contributed by atoms with Crippen molar-refractivity contribution in [3.05, 3.63) is 17.0 Å². The van der Waals surface area contributed by atoms with Gasteiger partial charge in [-0.25, -0.2) is 8.42 Å². The summed E-state index contributed by atoms with van der Waals surface area (Å²) >= 11 is 0.994. The van der Waals surface area contributed by atoms with E-state index in [4.69, 9.17) is 0 Å². The van der Waals surface area contributed by atoms with Crippen LogP contribution in [0.25, 0.3) is 0 Å². The van der Waals surface area contributed by atoms with E-state index in [9.17, 15) is 13.0 Å². The van der Waals surface area contributed by atoms with Crippen molar-refractivity contribution in [2.24, 2.45) is 0 Å². The molecule has 0 aliphatic carbocycles. The molecule has 0 radical (unpaired) electrons. The largest absolute Gasteiger partial charge is 1.00 e. The maximum atomic E-state index is 10.3. The van der Waals surface area contributed by atoms with Crippen LogP contribution in [0.2, 0.25) is 0 Å². The minimum absolute atomic E-state index is 0. The van der Waals surface area contributed by atoms with Crippen molar-refractivity contribution in [3.63, 3.8) is 0 Å². The Morgan fingerprint density at radius 2 is 2.00 bits per heavy atom. The fraction of sp³-hybridized carbons (Fsp3) is 0.200. The predicted octanol–water partition coefficient (Wildman–Crippen LogP) is -2.04. The van der Waals surface area contributed by atoms with Gasteiger partial charge in [-0.05, 0) is 19.1 Å². The summed E-state index contributed by atoms with van der Waals surface area (Å²) < 4.78 is 30.8. The van der Waals surface area contributed by atoms with Crippen LogP contribution in [0.1, 0.15) is 4.88 Å². The van der Waals surface area contributed by atoms with Gasteiger partial charge in [-0.3, -0.25) is 0 Å². The Labute approximate surface area is 91.5 Å². The molecular weight excluding hydrogens is 195 g/mol. The second-order valence-electron chi connectivity index (χ2n) is 1.82. The van der Waals surface area contributed by atoms with Crippen LogP contribution in [0.4, 0.5) is 0 Å². The minimum atomic E-state index is -4.21. The zero-order valence-electron chi connectivity index (χ0n) is 6.20. The number of rotatable bonds is 1. The van der Waals surface area contributed by atoms with Gasteiger partial charge in [0.05, 0.1) is 0 Å². The predicted molar refractivity (Wildman–Crippen MR) is 37.0 cm³/mol. The van der Waals surface area contributed by atoms with E-state index >= 15 is 0 Å². The Balaban J connectivity index is 0.000001000. The SMILES string of the molecule is Cc1ccc(S(=O)(=O)[O-])s1.[Na+]. The molecule has 0 unspecified atom stereocenters. The van der Waals surface area contributed by atoms with Crippen LogP contribution in [-0.2, 0) is 10.1 Å². The van der Waals surface area contributed by atoms with Crippen LogP contribution in [0, 0.1) is 6.92 Å². The molecule has 0 amide bonds. The molecule has 1 aromatic rings. The Morgan fingerprint density at radius 1 is 1.45 bits per heavy atom. The van der Waals surface area contributed by atoms with E-state index in [1.54, 1.807) is 13.0 Å². The number of hydrogen-bond acceptors (Lipinski definition) is 4. The van der Waals surface area contributed by atoms with E-state index < -0.39 is 10.1 Å². The first-order valence-corrected chi connectivity index (χ1v) is 4.75. The molecule has 0 aliphatic rings. The van der Waals surface area contributed by atoms with Gasteiger partial charge < -0.3 is 4.55 Å². The first-order chi connectivity index (χ1) is 4.50. The molecule has 0 spiro atoms. The molecule has 6 heteroatoms. The molecule has 0 saturated carbocycles. The smallest absolute Gasteiger partial charge is 0.743 e. The average molecular weight is 200 g/mol. The zero-order valence-corrected chi connectivity index (χ0v) is 9.83. The molecule has 1 aromatic heterocycles. The summed E-state index contributed by atoms with van der Waals surface area (Å²) in [6.07, 6.45) is 0. The van der Waals surface area contributed by atoms with E-state index in [0.717, 1.165) is 16.2 Å². The normalized spacial score (nSPS) is 10.7. The molecule has 0 bridgehead atoms. The second-order valence-corrected chi connectivity index (χ2v) is 4.71. The summed E-state index contributed by atoms with van der Waals surface area (Å²) in [6, 6.07) is 2.93. The van der Waals surface area contributed by atoms with E-state index in [2.05, 4.69) is 0 Å². The van der Waals surface area contributed by atoms with Gasteiger partial charge in [0.15, 0.2) is 0 Å². The van der Waals surface area contributed by atoms with Gasteiger partial charge in [-0.1, -0.05) is 0 Å². The molecule has 56 valence electrons. The van der Waals surface area contributed by atoms with E-state index in [0.29, 0.717) is 0 Å². The third-order valence-corrected chi connectivity index (χ3v) is 3.25. The molecular formula is C5H5NaO3S2. The number of aryl methyl sites for hydroxylation is 1. The summed E-state index contributed by atoms with van der Waals surface area (Å²) in [5, 5.41) is 0. The van der Waals surface area contributed by atoms with Crippen LogP contribution >= 0.6 is 11.3 Å². The third-order valence-electron chi connectivity index (χ3n) is 0.962. The van der Waals surface area contributed by atoms with Crippen LogP contribution < -0.4 is 29.6 Å². The summed E-state index contributed by atoms with van der Waals surface area (Å²) in [5.74, 6) is 0. The molecule has 0 N–H and O–H groups in total. The molecule has 0 atom stereocenters. The van der Waals surface area contributed by atoms with E-state index in [1.807, 2.05) is 0 Å². The maximum absolute atomic E-state index is 10.3. The molecule has 3 nitrogen and oxygen atoms in total. The van der Waals surface area contributed by atoms with Crippen molar-refractivity contribution >= 4 is 21.5 Å². The van der Waals surface area contributed by atoms with E-state index in [-0.39, 0.29) is 33.8 Å². The Hall–Kier alpha value is 0.610. The van der Waals surface area contributed by atoms with Crippen molar-refractivity contribution in [1.29, 1.82) is 0 Å². The third kappa shape index (κ3) is 3.23. The molecule has 0 aromatic carbocycles. The van der Waals surface area contributed by atoms with Crippen LogP contribution in [0.5, 0.6) is 0 Å². The molecule has 0 saturated heterocycles. The van der Waals surface area contributed by atoms with Gasteiger partial charge in [0.1, 0.15) is 14.3 Å². The number of thiophene rings is 1. The first kappa shape index (κ1) is 11.6. The fourth-order valence-corrected chi connectivity index (χ4v) is 2.17. The Bertz CT molecular complexity index is 327. The van der Waals surface area contributed by atoms with Gasteiger partial charge in [-0.2, -0.15) is 0 Å². The first-order valence-electron chi connectivity index (χ1n) is 2.52. The van der Waals surface area contributed by atoms with Gasteiger partial charge in [0.25, 0.3) is 0 Å². The van der Waals surface area contributed by atoms with Crippen molar-refractivity contribution in [3.8, 4) is 0 Å². The fourth-order valence-electron chi connectivity index (χ4n) is 0.546. The summed E-state index contributed by atoms with van der Waals surface area (Å²) in [4.78, 5) is 0.828. The van der Waals surface area contributed by atoms with Crippen molar-refractivity contribution in [2.75, 3.05) is 0 Å². The quantitative estimate of drug-likeness (QED) is 0.388. The number of hydrogen-bond donors (Lipinski definition) is 0. The van der Waals surface area contributed by atoms with Gasteiger partial charge in [0.2, 0.25) is 0 Å². The Kier molecular flexibility index (Phi) is 4.24. The van der Waals surface area contributed by atoms with E-state index in [1.165, 1.54) is 6.07 Å². The monoisotopic (exact) mass is 200 g/mol.